The van der Waals surface area contributed by atoms with Gasteiger partial charge in [0.05, 0.1) is 10.7 Å². The van der Waals surface area contributed by atoms with Gasteiger partial charge in [-0.15, -0.1) is 0 Å². The zero-order valence-electron chi connectivity index (χ0n) is 14.8. The van der Waals surface area contributed by atoms with E-state index in [9.17, 15) is 4.79 Å². The van der Waals surface area contributed by atoms with Gasteiger partial charge in [0.1, 0.15) is 18.9 Å². The summed E-state index contributed by atoms with van der Waals surface area (Å²) < 4.78 is 12.7. The molecule has 2 aromatic heterocycles. The van der Waals surface area contributed by atoms with E-state index >= 15 is 0 Å². The monoisotopic (exact) mass is 384 g/mol. The first-order chi connectivity index (χ1) is 13.0. The molecule has 0 spiro atoms. The van der Waals surface area contributed by atoms with Crippen molar-refractivity contribution in [3.63, 3.8) is 0 Å². The van der Waals surface area contributed by atoms with E-state index < -0.39 is 5.91 Å². The number of anilines is 1. The van der Waals surface area contributed by atoms with Crippen molar-refractivity contribution in [1.29, 1.82) is 0 Å². The van der Waals surface area contributed by atoms with E-state index in [1.54, 1.807) is 35.0 Å². The minimum absolute atomic E-state index is 0.122. The number of fused-ring (bicyclic) bond motifs is 1. The van der Waals surface area contributed by atoms with E-state index in [0.717, 1.165) is 11.4 Å². The Morgan fingerprint density at radius 3 is 2.63 bits per heavy atom. The molecule has 0 fully saturated rings. The van der Waals surface area contributed by atoms with Crippen LogP contribution in [0.5, 0.6) is 11.5 Å². The molecular weight excluding hydrogens is 368 g/mol. The molecule has 1 aromatic carbocycles. The average Bonchev–Trinajstić information content (AvgIpc) is 3.00. The summed E-state index contributed by atoms with van der Waals surface area (Å²) >= 11 is 6.21. The molecule has 7 nitrogen and oxygen atoms in total. The zero-order valence-corrected chi connectivity index (χ0v) is 15.6. The van der Waals surface area contributed by atoms with Crippen LogP contribution in [-0.2, 0) is 0 Å². The maximum atomic E-state index is 12.7. The van der Waals surface area contributed by atoms with Crippen LogP contribution in [0.2, 0.25) is 5.02 Å². The van der Waals surface area contributed by atoms with Crippen molar-refractivity contribution < 1.29 is 14.3 Å². The Hall–Kier alpha value is -3.06. The molecule has 27 heavy (non-hydrogen) atoms. The number of amides is 1. The van der Waals surface area contributed by atoms with E-state index in [1.165, 1.54) is 0 Å². The molecule has 0 bridgehead atoms. The van der Waals surface area contributed by atoms with Gasteiger partial charge < -0.3 is 14.8 Å². The second-order valence-electron chi connectivity index (χ2n) is 6.15. The number of benzene rings is 1. The van der Waals surface area contributed by atoms with Crippen molar-refractivity contribution in [2.75, 3.05) is 18.5 Å². The fourth-order valence-corrected chi connectivity index (χ4v) is 3.07. The second-order valence-corrected chi connectivity index (χ2v) is 6.56. The Balaban J connectivity index is 1.62. The number of nitrogens with zero attached hydrogens (tertiary/aromatic N) is 3. The first kappa shape index (κ1) is 17.4. The molecule has 3 aromatic rings. The number of nitrogens with one attached hydrogen (secondary N) is 1. The molecule has 1 aliphatic heterocycles. The lowest BCUT2D eigenvalue weighted by molar-refractivity contribution is 0.102. The van der Waals surface area contributed by atoms with Gasteiger partial charge in [-0.05, 0) is 44.2 Å². The average molecular weight is 385 g/mol. The molecule has 0 atom stereocenters. The Bertz CT molecular complexity index is 1030. The minimum atomic E-state index is -0.417. The number of hydrogen-bond acceptors (Lipinski definition) is 5. The second kappa shape index (κ2) is 6.92. The predicted octanol–water partition coefficient (Wildman–Crippen LogP) is 3.56. The number of halogens is 1. The molecule has 3 heterocycles. The van der Waals surface area contributed by atoms with Crippen LogP contribution in [0.1, 0.15) is 21.9 Å². The Morgan fingerprint density at radius 1 is 1.11 bits per heavy atom. The van der Waals surface area contributed by atoms with E-state index in [-0.39, 0.29) is 10.7 Å². The topological polar surface area (TPSA) is 78.3 Å². The first-order valence-electron chi connectivity index (χ1n) is 8.42. The summed E-state index contributed by atoms with van der Waals surface area (Å²) in [7, 11) is 0. The van der Waals surface area contributed by atoms with Crippen molar-refractivity contribution >= 4 is 23.2 Å². The fraction of sp³-hybridized carbons (Fsp3) is 0.211. The number of hydrogen-bond donors (Lipinski definition) is 1. The van der Waals surface area contributed by atoms with Crippen LogP contribution in [0.3, 0.4) is 0 Å². The van der Waals surface area contributed by atoms with Gasteiger partial charge in [0.25, 0.3) is 5.91 Å². The largest absolute Gasteiger partial charge is 0.486 e. The van der Waals surface area contributed by atoms with Crippen molar-refractivity contribution in [3.8, 4) is 17.3 Å². The maximum absolute atomic E-state index is 12.7. The normalized spacial score (nSPS) is 12.7. The summed E-state index contributed by atoms with van der Waals surface area (Å²) in [5.41, 5.74) is 2.47. The Morgan fingerprint density at radius 2 is 1.89 bits per heavy atom. The van der Waals surface area contributed by atoms with Gasteiger partial charge >= 0.3 is 0 Å². The molecular formula is C19H17ClN4O3. The van der Waals surface area contributed by atoms with E-state index in [0.29, 0.717) is 36.2 Å². The summed E-state index contributed by atoms with van der Waals surface area (Å²) in [6.45, 7) is 4.81. The van der Waals surface area contributed by atoms with E-state index in [2.05, 4.69) is 15.4 Å². The van der Waals surface area contributed by atoms with Gasteiger partial charge in [-0.3, -0.25) is 4.79 Å². The third kappa shape index (κ3) is 3.46. The summed E-state index contributed by atoms with van der Waals surface area (Å²) in [6.07, 6.45) is 0. The number of ether oxygens (including phenoxy) is 2. The van der Waals surface area contributed by atoms with Crippen LogP contribution in [0.25, 0.3) is 5.82 Å². The number of rotatable bonds is 3. The molecule has 138 valence electrons. The van der Waals surface area contributed by atoms with Crippen LogP contribution in [-0.4, -0.2) is 33.9 Å². The third-order valence-corrected chi connectivity index (χ3v) is 4.38. The molecule has 0 radical (unpaired) electrons. The highest BCUT2D eigenvalue weighted by molar-refractivity contribution is 6.34. The summed E-state index contributed by atoms with van der Waals surface area (Å²) in [6, 6.07) is 10.5. The van der Waals surface area contributed by atoms with Crippen LogP contribution in [0.15, 0.2) is 36.4 Å². The van der Waals surface area contributed by atoms with Gasteiger partial charge in [0.2, 0.25) is 0 Å². The van der Waals surface area contributed by atoms with Gasteiger partial charge in [0, 0.05) is 17.4 Å². The Labute approximate surface area is 160 Å². The molecule has 0 aliphatic carbocycles. The smallest absolute Gasteiger partial charge is 0.275 e. The first-order valence-corrected chi connectivity index (χ1v) is 8.80. The highest BCUT2D eigenvalue weighted by atomic mass is 35.5. The number of pyridine rings is 1. The number of carbonyl (C=O) groups is 1. The van der Waals surface area contributed by atoms with Crippen LogP contribution >= 0.6 is 11.6 Å². The third-order valence-electron chi connectivity index (χ3n) is 4.07. The van der Waals surface area contributed by atoms with Gasteiger partial charge in [0.15, 0.2) is 17.3 Å². The van der Waals surface area contributed by atoms with Crippen molar-refractivity contribution in [2.24, 2.45) is 0 Å². The highest BCUT2D eigenvalue weighted by Gasteiger charge is 2.17. The molecule has 8 heteroatoms. The van der Waals surface area contributed by atoms with Crippen LogP contribution in [0.4, 0.5) is 5.69 Å². The Kier molecular flexibility index (Phi) is 4.45. The van der Waals surface area contributed by atoms with E-state index in [4.69, 9.17) is 21.1 Å². The zero-order chi connectivity index (χ0) is 19.0. The molecule has 1 amide bonds. The fourth-order valence-electron chi connectivity index (χ4n) is 2.88. The highest BCUT2D eigenvalue weighted by Crippen LogP contribution is 2.32. The van der Waals surface area contributed by atoms with Crippen molar-refractivity contribution in [2.45, 2.75) is 13.8 Å². The number of aromatic nitrogens is 3. The van der Waals surface area contributed by atoms with Gasteiger partial charge in [-0.1, -0.05) is 11.6 Å². The molecule has 0 saturated heterocycles. The lowest BCUT2D eigenvalue weighted by atomic mass is 10.2. The lowest BCUT2D eigenvalue weighted by Crippen LogP contribution is -2.18. The minimum Gasteiger partial charge on any atom is -0.486 e. The predicted molar refractivity (Wildman–Crippen MR) is 101 cm³/mol. The van der Waals surface area contributed by atoms with Gasteiger partial charge in [-0.2, -0.15) is 5.10 Å². The maximum Gasteiger partial charge on any atom is 0.275 e. The van der Waals surface area contributed by atoms with Crippen molar-refractivity contribution in [1.82, 2.24) is 14.8 Å². The SMILES string of the molecule is Cc1cc(C)n(-c2ccc(Cl)c(C(=O)Nc3ccc4c(c3)OCCO4)n2)n1. The summed E-state index contributed by atoms with van der Waals surface area (Å²) in [5.74, 6) is 1.36. The van der Waals surface area contributed by atoms with Crippen LogP contribution in [0, 0.1) is 13.8 Å². The molecule has 0 unspecified atom stereocenters. The summed E-state index contributed by atoms with van der Waals surface area (Å²) in [4.78, 5) is 17.1. The molecule has 1 N–H and O–H groups in total. The molecule has 0 saturated carbocycles. The number of carbonyl (C=O) groups excluding carboxylic acids is 1. The summed E-state index contributed by atoms with van der Waals surface area (Å²) in [5, 5.41) is 7.45. The van der Waals surface area contributed by atoms with Crippen LogP contribution < -0.4 is 14.8 Å². The lowest BCUT2D eigenvalue weighted by Gasteiger charge is -2.19. The molecule has 4 rings (SSSR count). The number of aryl methyl sites for hydroxylation is 2. The van der Waals surface area contributed by atoms with Gasteiger partial charge in [-0.25, -0.2) is 9.67 Å². The van der Waals surface area contributed by atoms with Crippen molar-refractivity contribution in [3.05, 3.63) is 58.5 Å². The quantitative estimate of drug-likeness (QED) is 0.747. The van der Waals surface area contributed by atoms with E-state index in [1.807, 2.05) is 19.9 Å². The molecule has 1 aliphatic rings. The standard InChI is InChI=1S/C19H17ClN4O3/c1-11-9-12(2)24(23-11)17-6-4-14(20)18(22-17)19(25)21-13-3-5-15-16(10-13)27-8-7-26-15/h3-6,9-10H,7-8H2,1-2H3,(H,21,25).